The molecular formula is C28H26FN3O3S. The molecular weight excluding hydrogens is 477 g/mol. The number of nitrogens with one attached hydrogen (secondary N) is 2. The van der Waals surface area contributed by atoms with Crippen molar-refractivity contribution in [3.63, 3.8) is 0 Å². The number of imidazole rings is 1. The van der Waals surface area contributed by atoms with Crippen LogP contribution in [0.25, 0.3) is 22.3 Å². The molecule has 5 aromatic rings. The summed E-state index contributed by atoms with van der Waals surface area (Å²) in [7, 11) is 1.64. The van der Waals surface area contributed by atoms with Gasteiger partial charge in [-0.25, -0.2) is 9.37 Å². The maximum Gasteiger partial charge on any atom is 0.177 e. The van der Waals surface area contributed by atoms with Crippen molar-refractivity contribution in [2.75, 3.05) is 19.5 Å². The Hall–Kier alpha value is -3.59. The fourth-order valence-electron chi connectivity index (χ4n) is 4.05. The molecule has 0 fully saturated rings. The van der Waals surface area contributed by atoms with Crippen molar-refractivity contribution in [3.8, 4) is 22.9 Å². The molecule has 0 bridgehead atoms. The van der Waals surface area contributed by atoms with Gasteiger partial charge in [0.1, 0.15) is 17.2 Å². The zero-order valence-corrected chi connectivity index (χ0v) is 20.7. The van der Waals surface area contributed by atoms with Gasteiger partial charge >= 0.3 is 0 Å². The van der Waals surface area contributed by atoms with Crippen molar-refractivity contribution in [2.24, 2.45) is 0 Å². The van der Waals surface area contributed by atoms with Gasteiger partial charge in [-0.1, -0.05) is 42.5 Å². The number of nitrogens with zero attached hydrogens (tertiary/aromatic N) is 1. The summed E-state index contributed by atoms with van der Waals surface area (Å²) in [4.78, 5) is 11.5. The van der Waals surface area contributed by atoms with E-state index in [0.29, 0.717) is 40.0 Å². The Balaban J connectivity index is 1.45. The molecule has 0 aliphatic rings. The molecule has 0 aliphatic carbocycles. The Kier molecular flexibility index (Phi) is 6.82. The Morgan fingerprint density at radius 1 is 1.08 bits per heavy atom. The van der Waals surface area contributed by atoms with Crippen LogP contribution in [-0.4, -0.2) is 39.5 Å². The minimum Gasteiger partial charge on any atom is -0.453 e. The number of H-pyrrole nitrogens is 2. The summed E-state index contributed by atoms with van der Waals surface area (Å²) >= 11 is 1.49. The van der Waals surface area contributed by atoms with Crippen LogP contribution in [-0.2, 0) is 10.3 Å². The zero-order chi connectivity index (χ0) is 25.1. The van der Waals surface area contributed by atoms with Gasteiger partial charge in [0.05, 0.1) is 23.4 Å². The minimum absolute atomic E-state index is 0.174. The van der Waals surface area contributed by atoms with Crippen molar-refractivity contribution in [2.45, 2.75) is 17.4 Å². The summed E-state index contributed by atoms with van der Waals surface area (Å²) in [6.45, 7) is 2.26. The predicted octanol–water partition coefficient (Wildman–Crippen LogP) is 6.48. The second-order valence-electron chi connectivity index (χ2n) is 8.51. The third kappa shape index (κ3) is 4.75. The molecule has 0 spiro atoms. The largest absolute Gasteiger partial charge is 0.453 e. The standard InChI is InChI=1S/C28H26FN3O3S/c1-28(33,19-8-4-3-5-9-19)24-17-31-27(32-24)18-7-6-10-20(15-18)35-25-22(29)16-23-21(11-12-30-23)26(25)36-14-13-34-2/h3-12,15-17,30,33H,13-14H2,1-2H3,(H,31,32). The summed E-state index contributed by atoms with van der Waals surface area (Å²) in [5.74, 6) is 1.43. The lowest BCUT2D eigenvalue weighted by molar-refractivity contribution is 0.0979. The number of aliphatic hydroxyl groups is 1. The van der Waals surface area contributed by atoms with Crippen LogP contribution < -0.4 is 4.74 Å². The lowest BCUT2D eigenvalue weighted by Crippen LogP contribution is -2.23. The maximum absolute atomic E-state index is 15.1. The first-order valence-electron chi connectivity index (χ1n) is 11.5. The second-order valence-corrected chi connectivity index (χ2v) is 9.62. The SMILES string of the molecule is COCCSc1c(Oc2cccc(-c3ncc(C(C)(O)c4ccccc4)[nH]3)c2)c(F)cc2[nH]ccc12. The van der Waals surface area contributed by atoms with Crippen molar-refractivity contribution in [1.82, 2.24) is 15.0 Å². The number of methoxy groups -OCH3 is 1. The van der Waals surface area contributed by atoms with Crippen LogP contribution in [0, 0.1) is 5.82 Å². The van der Waals surface area contributed by atoms with Crippen LogP contribution in [0.4, 0.5) is 4.39 Å². The van der Waals surface area contributed by atoms with E-state index in [1.165, 1.54) is 17.8 Å². The molecule has 2 heterocycles. The number of aromatic nitrogens is 3. The molecule has 3 N–H and O–H groups in total. The average Bonchev–Trinajstić information content (AvgIpc) is 3.57. The fraction of sp³-hybridized carbons (Fsp3) is 0.179. The van der Waals surface area contributed by atoms with Gasteiger partial charge in [0.25, 0.3) is 0 Å². The molecule has 184 valence electrons. The Morgan fingerprint density at radius 3 is 2.72 bits per heavy atom. The van der Waals surface area contributed by atoms with Crippen molar-refractivity contribution in [1.29, 1.82) is 0 Å². The van der Waals surface area contributed by atoms with Gasteiger partial charge < -0.3 is 24.5 Å². The van der Waals surface area contributed by atoms with E-state index in [-0.39, 0.29) is 5.75 Å². The predicted molar refractivity (Wildman–Crippen MR) is 140 cm³/mol. The minimum atomic E-state index is -1.23. The Morgan fingerprint density at radius 2 is 1.92 bits per heavy atom. The van der Waals surface area contributed by atoms with E-state index in [1.54, 1.807) is 38.6 Å². The van der Waals surface area contributed by atoms with E-state index < -0.39 is 11.4 Å². The number of rotatable bonds is 9. The zero-order valence-electron chi connectivity index (χ0n) is 19.9. The molecule has 3 aromatic carbocycles. The van der Waals surface area contributed by atoms with Crippen LogP contribution in [0.3, 0.4) is 0 Å². The number of hydrogen-bond donors (Lipinski definition) is 3. The van der Waals surface area contributed by atoms with Crippen LogP contribution in [0.15, 0.2) is 84.0 Å². The van der Waals surface area contributed by atoms with E-state index in [2.05, 4.69) is 15.0 Å². The van der Waals surface area contributed by atoms with Crippen molar-refractivity contribution >= 4 is 22.7 Å². The lowest BCUT2D eigenvalue weighted by atomic mass is 9.93. The first-order valence-corrected chi connectivity index (χ1v) is 12.5. The highest BCUT2D eigenvalue weighted by Crippen LogP contribution is 2.41. The molecule has 6 nitrogen and oxygen atoms in total. The van der Waals surface area contributed by atoms with Gasteiger partial charge in [0.15, 0.2) is 11.6 Å². The topological polar surface area (TPSA) is 83.2 Å². The number of benzene rings is 3. The summed E-state index contributed by atoms with van der Waals surface area (Å²) in [6, 6.07) is 20.0. The van der Waals surface area contributed by atoms with Crippen LogP contribution >= 0.6 is 11.8 Å². The van der Waals surface area contributed by atoms with Crippen molar-refractivity contribution in [3.05, 3.63) is 96.2 Å². The summed E-state index contributed by atoms with van der Waals surface area (Å²) in [5.41, 5.74) is 1.55. The molecule has 0 saturated carbocycles. The monoisotopic (exact) mass is 503 g/mol. The molecule has 0 amide bonds. The molecule has 1 atom stereocenters. The molecule has 8 heteroatoms. The van der Waals surface area contributed by atoms with E-state index in [4.69, 9.17) is 9.47 Å². The van der Waals surface area contributed by atoms with Crippen LogP contribution in [0.1, 0.15) is 18.2 Å². The molecule has 0 radical (unpaired) electrons. The fourth-order valence-corrected chi connectivity index (χ4v) is 5.10. The highest BCUT2D eigenvalue weighted by atomic mass is 32.2. The normalized spacial score (nSPS) is 13.1. The van der Waals surface area contributed by atoms with Gasteiger partial charge in [-0.2, -0.15) is 0 Å². The number of hydrogen-bond acceptors (Lipinski definition) is 5. The summed E-state index contributed by atoms with van der Waals surface area (Å²) < 4.78 is 26.4. The Bertz CT molecular complexity index is 1480. The Labute approximate surface area is 212 Å². The molecule has 36 heavy (non-hydrogen) atoms. The number of halogens is 1. The lowest BCUT2D eigenvalue weighted by Gasteiger charge is -2.22. The first kappa shape index (κ1) is 24.1. The molecule has 1 unspecified atom stereocenters. The van der Waals surface area contributed by atoms with E-state index in [1.807, 2.05) is 48.5 Å². The molecule has 0 aliphatic heterocycles. The van der Waals surface area contributed by atoms with Gasteiger partial charge in [-0.3, -0.25) is 0 Å². The number of thioether (sulfide) groups is 1. The van der Waals surface area contributed by atoms with Crippen LogP contribution in [0.2, 0.25) is 0 Å². The number of aromatic amines is 2. The highest BCUT2D eigenvalue weighted by molar-refractivity contribution is 7.99. The molecule has 0 saturated heterocycles. The van der Waals surface area contributed by atoms with Gasteiger partial charge in [0.2, 0.25) is 0 Å². The first-order chi connectivity index (χ1) is 17.5. The molecule has 5 rings (SSSR count). The summed E-state index contributed by atoms with van der Waals surface area (Å²) in [6.07, 6.45) is 3.41. The summed E-state index contributed by atoms with van der Waals surface area (Å²) in [5, 5.41) is 12.0. The third-order valence-electron chi connectivity index (χ3n) is 6.02. The van der Waals surface area contributed by atoms with Crippen molar-refractivity contribution < 1.29 is 19.0 Å². The van der Waals surface area contributed by atoms with Crippen LogP contribution in [0.5, 0.6) is 11.5 Å². The maximum atomic E-state index is 15.1. The second kappa shape index (κ2) is 10.2. The molecule has 2 aromatic heterocycles. The number of ether oxygens (including phenoxy) is 2. The highest BCUT2D eigenvalue weighted by Gasteiger charge is 2.28. The van der Waals surface area contributed by atoms with Gasteiger partial charge in [0, 0.05) is 41.6 Å². The number of fused-ring (bicyclic) bond motifs is 1. The quantitative estimate of drug-likeness (QED) is 0.158. The third-order valence-corrected chi connectivity index (χ3v) is 7.08. The average molecular weight is 504 g/mol. The van der Waals surface area contributed by atoms with E-state index >= 15 is 4.39 Å². The van der Waals surface area contributed by atoms with Gasteiger partial charge in [-0.15, -0.1) is 11.8 Å². The van der Waals surface area contributed by atoms with Gasteiger partial charge in [-0.05, 0) is 30.7 Å². The smallest absolute Gasteiger partial charge is 0.177 e. The van der Waals surface area contributed by atoms with E-state index in [9.17, 15) is 5.11 Å². The van der Waals surface area contributed by atoms with E-state index in [0.717, 1.165) is 16.5 Å².